The first-order valence-corrected chi connectivity index (χ1v) is 3.25. The van der Waals surface area contributed by atoms with E-state index in [-0.39, 0.29) is 35.3 Å². The topological polar surface area (TPSA) is 93.6 Å². The van der Waals surface area contributed by atoms with E-state index in [0.717, 1.165) is 18.2 Å². The zero-order valence-corrected chi connectivity index (χ0v) is 9.34. The number of nitro groups is 1. The number of carboxylic acids is 1. The first-order valence-electron chi connectivity index (χ1n) is 3.25. The van der Waals surface area contributed by atoms with Gasteiger partial charge in [0.1, 0.15) is 10.7 Å². The molecule has 7 heteroatoms. The van der Waals surface area contributed by atoms with Gasteiger partial charge in [-0.25, -0.2) is 4.79 Å². The minimum atomic E-state index is -1.14. The van der Waals surface area contributed by atoms with Gasteiger partial charge >= 0.3 is 11.9 Å². The minimum Gasteiger partial charge on any atom is -0.478 e. The molecule has 0 unspecified atom stereocenters. The number of carboxylic acid groups (broad SMARTS) is 1. The molecule has 69 valence electrons. The van der Waals surface area contributed by atoms with Crippen LogP contribution in [0, 0.1) is 10.1 Å². The number of aliphatic carboxylic acids is 1. The molecule has 0 aliphatic rings. The van der Waals surface area contributed by atoms with Crippen molar-refractivity contribution in [3.63, 3.8) is 0 Å². The Balaban J connectivity index is 0.00000169. The molecule has 1 rings (SSSR count). The summed E-state index contributed by atoms with van der Waals surface area (Å²) in [6.07, 6.45) is 1.97. The van der Waals surface area contributed by atoms with E-state index in [2.05, 4.69) is 4.42 Å². The third kappa shape index (κ3) is 3.73. The molecule has 0 saturated carbocycles. The van der Waals surface area contributed by atoms with Gasteiger partial charge in [0.15, 0.2) is 0 Å². The number of hydrogen-bond acceptors (Lipinski definition) is 4. The third-order valence-corrected chi connectivity index (χ3v) is 1.18. The second-order valence-electron chi connectivity index (χ2n) is 2.10. The summed E-state index contributed by atoms with van der Waals surface area (Å²) in [6, 6.07) is 2.47. The van der Waals surface area contributed by atoms with Crippen LogP contribution in [0.15, 0.2) is 22.6 Å². The minimum absolute atomic E-state index is 0. The molecule has 0 spiro atoms. The number of hydrogen-bond donors (Lipinski definition) is 1. The van der Waals surface area contributed by atoms with Crippen molar-refractivity contribution >= 4 is 47.5 Å². The van der Waals surface area contributed by atoms with Crippen molar-refractivity contribution in [1.82, 2.24) is 0 Å². The van der Waals surface area contributed by atoms with Crippen molar-refractivity contribution in [3.8, 4) is 0 Å². The molecule has 1 aromatic heterocycles. The molecular formula is C7H5NNaO5. The van der Waals surface area contributed by atoms with Crippen molar-refractivity contribution in [1.29, 1.82) is 0 Å². The summed E-state index contributed by atoms with van der Waals surface area (Å²) in [7, 11) is 0. The van der Waals surface area contributed by atoms with Crippen LogP contribution in [0.2, 0.25) is 0 Å². The van der Waals surface area contributed by atoms with Crippen LogP contribution in [-0.2, 0) is 4.79 Å². The molecule has 0 fully saturated rings. The van der Waals surface area contributed by atoms with Gasteiger partial charge in [0.05, 0.1) is 6.07 Å². The summed E-state index contributed by atoms with van der Waals surface area (Å²) < 4.78 is 4.65. The van der Waals surface area contributed by atoms with Gasteiger partial charge in [-0.05, 0) is 12.1 Å². The molecule has 0 atom stereocenters. The van der Waals surface area contributed by atoms with Gasteiger partial charge in [0.2, 0.25) is 0 Å². The fourth-order valence-electron chi connectivity index (χ4n) is 0.683. The number of carbonyl (C=O) groups is 1. The average molecular weight is 206 g/mol. The van der Waals surface area contributed by atoms with Crippen molar-refractivity contribution in [2.45, 2.75) is 0 Å². The van der Waals surface area contributed by atoms with Gasteiger partial charge < -0.3 is 9.52 Å². The fraction of sp³-hybridized carbons (Fsp3) is 0. The third-order valence-electron chi connectivity index (χ3n) is 1.18. The van der Waals surface area contributed by atoms with Gasteiger partial charge in [-0.2, -0.15) is 0 Å². The van der Waals surface area contributed by atoms with E-state index in [1.807, 2.05) is 0 Å². The first-order chi connectivity index (χ1) is 6.09. The van der Waals surface area contributed by atoms with Crippen LogP contribution in [-0.4, -0.2) is 45.6 Å². The largest absolute Gasteiger partial charge is 0.478 e. The second kappa shape index (κ2) is 5.58. The van der Waals surface area contributed by atoms with E-state index in [0.29, 0.717) is 0 Å². The van der Waals surface area contributed by atoms with Gasteiger partial charge in [-0.1, -0.05) is 0 Å². The Morgan fingerprint density at radius 3 is 2.64 bits per heavy atom. The van der Waals surface area contributed by atoms with Crippen LogP contribution in [0.4, 0.5) is 5.88 Å². The summed E-state index contributed by atoms with van der Waals surface area (Å²) in [6.45, 7) is 0. The molecule has 1 heterocycles. The summed E-state index contributed by atoms with van der Waals surface area (Å²) in [5, 5.41) is 18.4. The molecular weight excluding hydrogens is 201 g/mol. The van der Waals surface area contributed by atoms with E-state index >= 15 is 0 Å². The van der Waals surface area contributed by atoms with Crippen LogP contribution in [0.25, 0.3) is 6.08 Å². The van der Waals surface area contributed by atoms with Crippen molar-refractivity contribution < 1.29 is 19.2 Å². The van der Waals surface area contributed by atoms with Crippen molar-refractivity contribution in [2.24, 2.45) is 0 Å². The Morgan fingerprint density at radius 1 is 1.57 bits per heavy atom. The quantitative estimate of drug-likeness (QED) is 0.343. The maximum absolute atomic E-state index is 10.1. The maximum atomic E-state index is 10.1. The molecule has 1 N–H and O–H groups in total. The number of nitrogens with zero attached hydrogens (tertiary/aromatic N) is 1. The zero-order valence-electron chi connectivity index (χ0n) is 7.34. The molecule has 0 bridgehead atoms. The first kappa shape index (κ1) is 12.9. The SMILES string of the molecule is O=C(O)/C=C/c1ccc([N+](=O)[O-])o1.[Na]. The molecule has 14 heavy (non-hydrogen) atoms. The smallest absolute Gasteiger partial charge is 0.433 e. The summed E-state index contributed by atoms with van der Waals surface area (Å²) in [5.74, 6) is -1.42. The molecule has 1 radical (unpaired) electrons. The van der Waals surface area contributed by atoms with Gasteiger partial charge in [0.25, 0.3) is 0 Å². The predicted octanol–water partition coefficient (Wildman–Crippen LogP) is 0.905. The van der Waals surface area contributed by atoms with Gasteiger partial charge in [-0.3, -0.25) is 10.1 Å². The van der Waals surface area contributed by atoms with Crippen LogP contribution in [0.3, 0.4) is 0 Å². The van der Waals surface area contributed by atoms with E-state index in [4.69, 9.17) is 5.11 Å². The molecule has 0 aromatic carbocycles. The Labute approximate surface area is 101 Å². The normalized spacial score (nSPS) is 9.71. The Bertz CT molecular complexity index is 370. The van der Waals surface area contributed by atoms with Crippen LogP contribution in [0.5, 0.6) is 0 Å². The summed E-state index contributed by atoms with van der Waals surface area (Å²) in [5.41, 5.74) is 0. The summed E-state index contributed by atoms with van der Waals surface area (Å²) >= 11 is 0. The van der Waals surface area contributed by atoms with Crippen LogP contribution < -0.4 is 0 Å². The standard InChI is InChI=1S/C7H5NO5.Na/c9-7(10)4-2-5-1-3-6(13-5)8(11)12;/h1-4H,(H,9,10);/b4-2+;. The monoisotopic (exact) mass is 206 g/mol. The molecule has 0 aliphatic heterocycles. The molecule has 0 aliphatic carbocycles. The molecule has 6 nitrogen and oxygen atoms in total. The fourth-order valence-corrected chi connectivity index (χ4v) is 0.683. The van der Waals surface area contributed by atoms with E-state index in [9.17, 15) is 14.9 Å². The van der Waals surface area contributed by atoms with Crippen LogP contribution >= 0.6 is 0 Å². The Morgan fingerprint density at radius 2 is 2.21 bits per heavy atom. The molecule has 1 aromatic rings. The van der Waals surface area contributed by atoms with E-state index in [1.165, 1.54) is 6.07 Å². The number of furan rings is 1. The molecule has 0 saturated heterocycles. The second-order valence-corrected chi connectivity index (χ2v) is 2.10. The van der Waals surface area contributed by atoms with Gasteiger partial charge in [0, 0.05) is 35.6 Å². The molecule has 0 amide bonds. The predicted molar refractivity (Wildman–Crippen MR) is 47.8 cm³/mol. The maximum Gasteiger partial charge on any atom is 0.433 e. The van der Waals surface area contributed by atoms with Gasteiger partial charge in [-0.15, -0.1) is 0 Å². The van der Waals surface area contributed by atoms with Crippen molar-refractivity contribution in [2.75, 3.05) is 0 Å². The summed E-state index contributed by atoms with van der Waals surface area (Å²) in [4.78, 5) is 19.5. The average Bonchev–Trinajstić information content (AvgIpc) is 2.48. The van der Waals surface area contributed by atoms with E-state index in [1.54, 1.807) is 0 Å². The van der Waals surface area contributed by atoms with Crippen molar-refractivity contribution in [3.05, 3.63) is 34.1 Å². The van der Waals surface area contributed by atoms with Crippen LogP contribution in [0.1, 0.15) is 5.76 Å². The Hall–Kier alpha value is -1.11. The number of rotatable bonds is 3. The van der Waals surface area contributed by atoms with E-state index < -0.39 is 16.8 Å². The zero-order chi connectivity index (χ0) is 9.84. The Kier molecular flexibility index (Phi) is 5.14.